The van der Waals surface area contributed by atoms with Gasteiger partial charge in [-0.2, -0.15) is 13.2 Å². The van der Waals surface area contributed by atoms with Crippen LogP contribution in [0.4, 0.5) is 13.2 Å². The average molecular weight is 273 g/mol. The fourth-order valence-corrected chi connectivity index (χ4v) is 2.41. The first-order chi connectivity index (χ1) is 8.86. The summed E-state index contributed by atoms with van der Waals surface area (Å²) in [5.74, 6) is 0. The zero-order valence-electron chi connectivity index (χ0n) is 10.9. The first kappa shape index (κ1) is 14.3. The normalized spacial score (nSPS) is 18.8. The van der Waals surface area contributed by atoms with Crippen molar-refractivity contribution in [3.8, 4) is 0 Å². The van der Waals surface area contributed by atoms with Crippen LogP contribution in [0, 0.1) is 6.92 Å². The van der Waals surface area contributed by atoms with Crippen LogP contribution in [0.25, 0.3) is 0 Å². The van der Waals surface area contributed by atoms with E-state index in [0.29, 0.717) is 43.6 Å². The number of halogens is 3. The number of aliphatic hydroxyl groups is 1. The zero-order chi connectivity index (χ0) is 14.0. The number of aliphatic hydroxyl groups excluding tert-OH is 1. The fourth-order valence-electron chi connectivity index (χ4n) is 2.41. The first-order valence-corrected chi connectivity index (χ1v) is 6.43. The number of nitrogens with zero attached hydrogens (tertiary/aromatic N) is 1. The van der Waals surface area contributed by atoms with E-state index in [2.05, 4.69) is 0 Å². The third-order valence-electron chi connectivity index (χ3n) is 3.52. The van der Waals surface area contributed by atoms with Crippen molar-refractivity contribution in [2.24, 2.45) is 0 Å². The van der Waals surface area contributed by atoms with Crippen molar-refractivity contribution in [2.75, 3.05) is 13.1 Å². The quantitative estimate of drug-likeness (QED) is 0.895. The number of benzene rings is 1. The highest BCUT2D eigenvalue weighted by molar-refractivity contribution is 5.33. The summed E-state index contributed by atoms with van der Waals surface area (Å²) in [6.45, 7) is 3.25. The van der Waals surface area contributed by atoms with Crippen molar-refractivity contribution in [1.29, 1.82) is 0 Å². The van der Waals surface area contributed by atoms with E-state index in [1.54, 1.807) is 19.1 Å². The summed E-state index contributed by atoms with van der Waals surface area (Å²) in [7, 11) is 0. The second-order valence-corrected chi connectivity index (χ2v) is 5.17. The molecule has 1 aromatic rings. The minimum atomic E-state index is -4.31. The maximum Gasteiger partial charge on any atom is 0.416 e. The topological polar surface area (TPSA) is 23.5 Å². The summed E-state index contributed by atoms with van der Waals surface area (Å²) in [6.07, 6.45) is -3.35. The third kappa shape index (κ3) is 3.70. The Bertz CT molecular complexity index is 437. The molecule has 0 spiro atoms. The SMILES string of the molecule is Cc1ccc(CN2CCC(O)CC2)c(C(F)(F)F)c1. The molecule has 1 fully saturated rings. The lowest BCUT2D eigenvalue weighted by Crippen LogP contribution is -2.35. The minimum Gasteiger partial charge on any atom is -0.393 e. The maximum atomic E-state index is 13.0. The number of alkyl halides is 3. The number of piperidine rings is 1. The van der Waals surface area contributed by atoms with E-state index in [-0.39, 0.29) is 6.10 Å². The Labute approximate surface area is 110 Å². The molecule has 19 heavy (non-hydrogen) atoms. The predicted octanol–water partition coefficient (Wildman–Crippen LogP) is 2.97. The summed E-state index contributed by atoms with van der Waals surface area (Å²) in [6, 6.07) is 4.47. The van der Waals surface area contributed by atoms with Crippen LogP contribution in [0.1, 0.15) is 29.5 Å². The minimum absolute atomic E-state index is 0.293. The molecule has 0 radical (unpaired) electrons. The van der Waals surface area contributed by atoms with Gasteiger partial charge in [-0.15, -0.1) is 0 Å². The third-order valence-corrected chi connectivity index (χ3v) is 3.52. The second kappa shape index (κ2) is 5.51. The van der Waals surface area contributed by atoms with Crippen LogP contribution < -0.4 is 0 Å². The smallest absolute Gasteiger partial charge is 0.393 e. The Morgan fingerprint density at radius 3 is 2.47 bits per heavy atom. The van der Waals surface area contributed by atoms with Crippen LogP contribution in [0.2, 0.25) is 0 Å². The van der Waals surface area contributed by atoms with Crippen molar-refractivity contribution in [2.45, 2.75) is 38.6 Å². The predicted molar refractivity (Wildman–Crippen MR) is 66.7 cm³/mol. The van der Waals surface area contributed by atoms with Crippen molar-refractivity contribution >= 4 is 0 Å². The lowest BCUT2D eigenvalue weighted by Gasteiger charge is -2.30. The molecule has 0 atom stereocenters. The summed E-state index contributed by atoms with van der Waals surface area (Å²) in [5, 5.41) is 9.41. The summed E-state index contributed by atoms with van der Waals surface area (Å²) in [5.41, 5.74) is 0.387. The van der Waals surface area contributed by atoms with Gasteiger partial charge in [0.1, 0.15) is 0 Å². The van der Waals surface area contributed by atoms with Gasteiger partial charge in [0.25, 0.3) is 0 Å². The molecule has 0 amide bonds. The molecule has 1 N–H and O–H groups in total. The summed E-state index contributed by atoms with van der Waals surface area (Å²) < 4.78 is 39.0. The molecule has 0 aromatic heterocycles. The highest BCUT2D eigenvalue weighted by atomic mass is 19.4. The summed E-state index contributed by atoms with van der Waals surface area (Å²) >= 11 is 0. The van der Waals surface area contributed by atoms with Crippen LogP contribution >= 0.6 is 0 Å². The van der Waals surface area contributed by atoms with Crippen LogP contribution in [0.3, 0.4) is 0 Å². The molecule has 2 rings (SSSR count). The molecule has 0 aliphatic carbocycles. The number of aryl methyl sites for hydroxylation is 1. The Hall–Kier alpha value is -1.07. The van der Waals surface area contributed by atoms with Crippen LogP contribution in [0.5, 0.6) is 0 Å². The number of hydrogen-bond donors (Lipinski definition) is 1. The van der Waals surface area contributed by atoms with Gasteiger partial charge in [0, 0.05) is 19.6 Å². The number of likely N-dealkylation sites (tertiary alicyclic amines) is 1. The molecule has 5 heteroatoms. The Morgan fingerprint density at radius 2 is 1.89 bits per heavy atom. The fraction of sp³-hybridized carbons (Fsp3) is 0.571. The van der Waals surface area contributed by atoms with E-state index in [4.69, 9.17) is 0 Å². The lowest BCUT2D eigenvalue weighted by atomic mass is 10.0. The van der Waals surface area contributed by atoms with Gasteiger partial charge in [-0.3, -0.25) is 4.90 Å². The molecule has 1 aromatic carbocycles. The molecule has 0 bridgehead atoms. The molecule has 106 valence electrons. The van der Waals surface area contributed by atoms with Gasteiger partial charge in [-0.25, -0.2) is 0 Å². The van der Waals surface area contributed by atoms with Crippen LogP contribution in [-0.2, 0) is 12.7 Å². The van der Waals surface area contributed by atoms with Gasteiger partial charge in [0.05, 0.1) is 11.7 Å². The van der Waals surface area contributed by atoms with E-state index >= 15 is 0 Å². The largest absolute Gasteiger partial charge is 0.416 e. The maximum absolute atomic E-state index is 13.0. The van der Waals surface area contributed by atoms with Gasteiger partial charge < -0.3 is 5.11 Å². The highest BCUT2D eigenvalue weighted by Crippen LogP contribution is 2.33. The molecular formula is C14H18F3NO. The number of rotatable bonds is 2. The summed E-state index contributed by atoms with van der Waals surface area (Å²) in [4.78, 5) is 1.96. The van der Waals surface area contributed by atoms with Crippen molar-refractivity contribution in [1.82, 2.24) is 4.90 Å². The van der Waals surface area contributed by atoms with Crippen molar-refractivity contribution < 1.29 is 18.3 Å². The molecule has 1 aliphatic heterocycles. The molecule has 0 unspecified atom stereocenters. The van der Waals surface area contributed by atoms with E-state index in [1.807, 2.05) is 4.90 Å². The van der Waals surface area contributed by atoms with Crippen LogP contribution in [-0.4, -0.2) is 29.2 Å². The zero-order valence-corrected chi connectivity index (χ0v) is 10.9. The lowest BCUT2D eigenvalue weighted by molar-refractivity contribution is -0.138. The van der Waals surface area contributed by atoms with Gasteiger partial charge in [0.2, 0.25) is 0 Å². The van der Waals surface area contributed by atoms with Crippen molar-refractivity contribution in [3.05, 3.63) is 34.9 Å². The van der Waals surface area contributed by atoms with E-state index in [0.717, 1.165) is 0 Å². The molecule has 2 nitrogen and oxygen atoms in total. The second-order valence-electron chi connectivity index (χ2n) is 5.17. The molecular weight excluding hydrogens is 255 g/mol. The van der Waals surface area contributed by atoms with Gasteiger partial charge in [-0.1, -0.05) is 17.7 Å². The average Bonchev–Trinajstić information content (AvgIpc) is 2.33. The molecule has 1 heterocycles. The van der Waals surface area contributed by atoms with Crippen LogP contribution in [0.15, 0.2) is 18.2 Å². The Balaban J connectivity index is 2.16. The highest BCUT2D eigenvalue weighted by Gasteiger charge is 2.33. The Kier molecular flexibility index (Phi) is 4.16. The Morgan fingerprint density at radius 1 is 1.26 bits per heavy atom. The molecule has 1 saturated heterocycles. The van der Waals surface area contributed by atoms with Crippen molar-refractivity contribution in [3.63, 3.8) is 0 Å². The van der Waals surface area contributed by atoms with Gasteiger partial charge >= 0.3 is 6.18 Å². The standard InChI is InChI=1S/C14H18F3NO/c1-10-2-3-11(13(8-10)14(15,16)17)9-18-6-4-12(19)5-7-18/h2-3,8,12,19H,4-7,9H2,1H3. The van der Waals surface area contributed by atoms with Gasteiger partial charge in [-0.05, 0) is 31.4 Å². The molecule has 0 saturated carbocycles. The van der Waals surface area contributed by atoms with E-state index in [9.17, 15) is 18.3 Å². The van der Waals surface area contributed by atoms with E-state index in [1.165, 1.54) is 6.07 Å². The monoisotopic (exact) mass is 273 g/mol. The van der Waals surface area contributed by atoms with E-state index < -0.39 is 11.7 Å². The number of hydrogen-bond acceptors (Lipinski definition) is 2. The van der Waals surface area contributed by atoms with Gasteiger partial charge in [0.15, 0.2) is 0 Å². The molecule has 1 aliphatic rings. The first-order valence-electron chi connectivity index (χ1n) is 6.43.